The number of carbonyl (C=O) groups excluding carboxylic acids is 1. The molecule has 1 aliphatic rings. The summed E-state index contributed by atoms with van der Waals surface area (Å²) < 4.78 is 40.3. The Labute approximate surface area is 158 Å². The van der Waals surface area contributed by atoms with E-state index in [1.807, 2.05) is 24.3 Å². The van der Waals surface area contributed by atoms with Crippen molar-refractivity contribution in [1.29, 1.82) is 0 Å². The molecule has 0 radical (unpaired) electrons. The van der Waals surface area contributed by atoms with Crippen LogP contribution in [0.25, 0.3) is 11.4 Å². The summed E-state index contributed by atoms with van der Waals surface area (Å²) in [5.74, 6) is -0.207. The first-order valence-corrected chi connectivity index (χ1v) is 10.4. The molecule has 7 nitrogen and oxygen atoms in total. The number of aromatic nitrogens is 2. The molecule has 1 atom stereocenters. The molecule has 1 aromatic heterocycles. The van der Waals surface area contributed by atoms with E-state index in [9.17, 15) is 17.1 Å². The summed E-state index contributed by atoms with van der Waals surface area (Å²) in [6.45, 7) is 0.696. The number of rotatable bonds is 6. The third-order valence-corrected chi connectivity index (χ3v) is 5.54. The topological polar surface area (TPSA) is 93.4 Å². The van der Waals surface area contributed by atoms with Crippen LogP contribution >= 0.6 is 15.9 Å². The van der Waals surface area contributed by atoms with Gasteiger partial charge in [0, 0.05) is 36.0 Å². The fourth-order valence-corrected chi connectivity index (χ4v) is 4.18. The molecule has 10 heteroatoms. The number of hydrogen-bond donors (Lipinski definition) is 0. The predicted octanol–water partition coefficient (Wildman–Crippen LogP) is 2.58. The van der Waals surface area contributed by atoms with Gasteiger partial charge < -0.3 is 9.42 Å². The van der Waals surface area contributed by atoms with Gasteiger partial charge in [0.15, 0.2) is 0 Å². The minimum absolute atomic E-state index is 0.133. The van der Waals surface area contributed by atoms with E-state index >= 15 is 0 Å². The molecule has 0 aliphatic carbocycles. The number of carbonyl (C=O) groups is 1. The molecule has 3 rings (SSSR count). The molecular weight excluding hydrogens is 429 g/mol. The van der Waals surface area contributed by atoms with Crippen LogP contribution < -0.4 is 0 Å². The second-order valence-electron chi connectivity index (χ2n) is 6.22. The predicted molar refractivity (Wildman–Crippen MR) is 95.3 cm³/mol. The van der Waals surface area contributed by atoms with E-state index in [-0.39, 0.29) is 24.8 Å². The first-order chi connectivity index (χ1) is 12.3. The van der Waals surface area contributed by atoms with Crippen molar-refractivity contribution in [3.8, 4) is 11.4 Å². The average molecular weight is 446 g/mol. The van der Waals surface area contributed by atoms with Crippen LogP contribution in [0.1, 0.15) is 18.7 Å². The Morgan fingerprint density at radius 2 is 2.23 bits per heavy atom. The summed E-state index contributed by atoms with van der Waals surface area (Å²) >= 11 is 3.38. The lowest BCUT2D eigenvalue weighted by Gasteiger charge is -2.15. The fourth-order valence-electron chi connectivity index (χ4n) is 2.95. The molecule has 1 aliphatic heterocycles. The molecule has 2 aromatic rings. The average Bonchev–Trinajstić information content (AvgIpc) is 3.20. The van der Waals surface area contributed by atoms with Gasteiger partial charge in [-0.15, -0.1) is 3.89 Å². The molecule has 0 bridgehead atoms. The van der Waals surface area contributed by atoms with E-state index in [0.29, 0.717) is 31.1 Å². The maximum atomic E-state index is 12.7. The van der Waals surface area contributed by atoms with E-state index < -0.39 is 16.0 Å². The minimum atomic E-state index is -4.51. The Balaban J connectivity index is 1.53. The van der Waals surface area contributed by atoms with Crippen molar-refractivity contribution in [2.24, 2.45) is 5.92 Å². The quantitative estimate of drug-likeness (QED) is 0.634. The number of benzene rings is 1. The van der Waals surface area contributed by atoms with Crippen LogP contribution in [0.15, 0.2) is 33.3 Å². The zero-order chi connectivity index (χ0) is 18.7. The first kappa shape index (κ1) is 19.0. The van der Waals surface area contributed by atoms with E-state index in [2.05, 4.69) is 26.1 Å². The van der Waals surface area contributed by atoms with Crippen LogP contribution in [0.3, 0.4) is 0 Å². The molecule has 2 heterocycles. The minimum Gasteiger partial charge on any atom is -0.342 e. The van der Waals surface area contributed by atoms with Gasteiger partial charge in [0.1, 0.15) is 0 Å². The molecule has 140 valence electrons. The van der Waals surface area contributed by atoms with Crippen molar-refractivity contribution >= 4 is 32.1 Å². The zero-order valence-corrected chi connectivity index (χ0v) is 16.2. The van der Waals surface area contributed by atoms with Crippen LogP contribution in [-0.4, -0.2) is 48.2 Å². The lowest BCUT2D eigenvalue weighted by Crippen LogP contribution is -2.29. The number of aryl methyl sites for hydroxylation is 1. The zero-order valence-electron chi connectivity index (χ0n) is 13.8. The molecule has 1 aromatic carbocycles. The van der Waals surface area contributed by atoms with Gasteiger partial charge in [-0.25, -0.2) is 0 Å². The van der Waals surface area contributed by atoms with Crippen LogP contribution in [0.5, 0.6) is 0 Å². The fraction of sp³-hybridized carbons (Fsp3) is 0.438. The third-order valence-electron chi connectivity index (χ3n) is 4.18. The number of amides is 1. The Kier molecular flexibility index (Phi) is 5.71. The lowest BCUT2D eigenvalue weighted by molar-refractivity contribution is -0.130. The number of halogens is 2. The number of hydrogen-bond acceptors (Lipinski definition) is 6. The maximum Gasteiger partial charge on any atom is 0.302 e. The normalized spacial score (nSPS) is 17.6. The Morgan fingerprint density at radius 3 is 2.96 bits per heavy atom. The molecular formula is C16H17BrFN3O4S. The molecule has 1 amide bonds. The summed E-state index contributed by atoms with van der Waals surface area (Å²) in [5, 5.41) is 3.92. The van der Waals surface area contributed by atoms with Gasteiger partial charge in [-0.05, 0) is 24.5 Å². The van der Waals surface area contributed by atoms with Gasteiger partial charge in [-0.1, -0.05) is 33.2 Å². The summed E-state index contributed by atoms with van der Waals surface area (Å²) in [4.78, 5) is 18.1. The smallest absolute Gasteiger partial charge is 0.302 e. The first-order valence-electron chi connectivity index (χ1n) is 8.09. The van der Waals surface area contributed by atoms with Gasteiger partial charge in [-0.2, -0.15) is 13.4 Å². The van der Waals surface area contributed by atoms with Crippen LogP contribution in [0.4, 0.5) is 3.89 Å². The summed E-state index contributed by atoms with van der Waals surface area (Å²) in [5.41, 5.74) is 0.801. The Morgan fingerprint density at radius 1 is 1.42 bits per heavy atom. The van der Waals surface area contributed by atoms with Gasteiger partial charge >= 0.3 is 10.2 Å². The highest BCUT2D eigenvalue weighted by molar-refractivity contribution is 9.10. The molecule has 1 fully saturated rings. The molecule has 1 unspecified atom stereocenters. The van der Waals surface area contributed by atoms with Crippen molar-refractivity contribution < 1.29 is 21.6 Å². The summed E-state index contributed by atoms with van der Waals surface area (Å²) in [7, 11) is -4.51. The number of nitrogens with zero attached hydrogens (tertiary/aromatic N) is 3. The van der Waals surface area contributed by atoms with Gasteiger partial charge in [0.2, 0.25) is 17.6 Å². The Bertz CT molecular complexity index is 902. The highest BCUT2D eigenvalue weighted by Gasteiger charge is 2.29. The summed E-state index contributed by atoms with van der Waals surface area (Å²) in [6.07, 6.45) is 0.958. The Hall–Kier alpha value is -1.81. The van der Waals surface area contributed by atoms with Crippen LogP contribution in [0.2, 0.25) is 0 Å². The van der Waals surface area contributed by atoms with Crippen LogP contribution in [-0.2, 0) is 21.4 Å². The van der Waals surface area contributed by atoms with Crippen molar-refractivity contribution in [3.05, 3.63) is 34.6 Å². The van der Waals surface area contributed by atoms with Gasteiger partial charge in [0.05, 0.1) is 5.75 Å². The highest BCUT2D eigenvalue weighted by atomic mass is 79.9. The monoisotopic (exact) mass is 445 g/mol. The molecule has 1 saturated heterocycles. The van der Waals surface area contributed by atoms with Gasteiger partial charge in [-0.3, -0.25) is 4.79 Å². The van der Waals surface area contributed by atoms with Gasteiger partial charge in [0.25, 0.3) is 0 Å². The number of likely N-dealkylation sites (tertiary alicyclic amines) is 1. The molecule has 0 spiro atoms. The second kappa shape index (κ2) is 7.83. The molecule has 0 N–H and O–H groups in total. The van der Waals surface area contributed by atoms with E-state index in [0.717, 1.165) is 10.0 Å². The maximum absolute atomic E-state index is 12.7. The van der Waals surface area contributed by atoms with Crippen molar-refractivity contribution in [2.75, 3.05) is 18.8 Å². The standard InChI is InChI=1S/C16H17BrFN3O4S/c17-13-3-1-2-12(8-13)16-19-14(25-20-16)4-5-15(22)21-7-6-11(9-21)10-26(18,23)24/h1-3,8,11H,4-7,9-10H2. The molecule has 0 saturated carbocycles. The van der Waals surface area contributed by atoms with Crippen LogP contribution in [0, 0.1) is 5.92 Å². The van der Waals surface area contributed by atoms with E-state index in [4.69, 9.17) is 4.52 Å². The van der Waals surface area contributed by atoms with Crippen molar-refractivity contribution in [1.82, 2.24) is 15.0 Å². The van der Waals surface area contributed by atoms with E-state index in [1.54, 1.807) is 4.90 Å². The highest BCUT2D eigenvalue weighted by Crippen LogP contribution is 2.22. The lowest BCUT2D eigenvalue weighted by atomic mass is 10.2. The van der Waals surface area contributed by atoms with E-state index in [1.165, 1.54) is 0 Å². The SMILES string of the molecule is O=C(CCc1nc(-c2cccc(Br)c2)no1)N1CCC(CS(=O)(=O)F)C1. The second-order valence-corrected chi connectivity index (χ2v) is 8.55. The van der Waals surface area contributed by atoms with Crippen molar-refractivity contribution in [3.63, 3.8) is 0 Å². The van der Waals surface area contributed by atoms with Crippen molar-refractivity contribution in [2.45, 2.75) is 19.3 Å². The summed E-state index contributed by atoms with van der Waals surface area (Å²) in [6, 6.07) is 7.47. The largest absolute Gasteiger partial charge is 0.342 e. The third kappa shape index (κ3) is 5.10. The molecule has 26 heavy (non-hydrogen) atoms.